The fraction of sp³-hybridized carbons (Fsp3) is 0.444. The van der Waals surface area contributed by atoms with E-state index < -0.39 is 0 Å². The molecule has 2 aromatic rings. The Hall–Kier alpha value is -2.01. The molecule has 0 unspecified atom stereocenters. The summed E-state index contributed by atoms with van der Waals surface area (Å²) in [6, 6.07) is 10.0. The van der Waals surface area contributed by atoms with Crippen LogP contribution in [0.4, 0.5) is 0 Å². The summed E-state index contributed by atoms with van der Waals surface area (Å²) in [7, 11) is 1.78. The Morgan fingerprint density at radius 3 is 2.62 bits per heavy atom. The lowest BCUT2D eigenvalue weighted by molar-refractivity contribution is 0.555. The van der Waals surface area contributed by atoms with Crippen molar-refractivity contribution >= 4 is 17.6 Å². The summed E-state index contributed by atoms with van der Waals surface area (Å²) in [4.78, 5) is 4.25. The number of hydrogen-bond donors (Lipinski definition) is 2. The molecule has 0 atom stereocenters. The third-order valence-corrected chi connectivity index (χ3v) is 4.18. The van der Waals surface area contributed by atoms with Crippen molar-refractivity contribution in [1.82, 2.24) is 20.4 Å². The lowest BCUT2D eigenvalue weighted by atomic mass is 10.1. The second kappa shape index (κ2) is 9.33. The molecule has 0 amide bonds. The van der Waals surface area contributed by atoms with E-state index >= 15 is 0 Å². The molecule has 0 aliphatic rings. The fourth-order valence-electron chi connectivity index (χ4n) is 2.57. The number of nitrogens with zero attached hydrogens (tertiary/aromatic N) is 3. The quantitative estimate of drug-likeness (QED) is 0.460. The third kappa shape index (κ3) is 5.57. The van der Waals surface area contributed by atoms with Gasteiger partial charge in [0, 0.05) is 37.4 Å². The van der Waals surface area contributed by atoms with E-state index in [4.69, 9.17) is 11.6 Å². The molecule has 0 saturated carbocycles. The fourth-order valence-corrected chi connectivity index (χ4v) is 2.80. The maximum absolute atomic E-state index is 6.17. The molecule has 24 heavy (non-hydrogen) atoms. The highest BCUT2D eigenvalue weighted by molar-refractivity contribution is 6.31. The minimum absolute atomic E-state index is 0.793. The smallest absolute Gasteiger partial charge is 0.190 e. The van der Waals surface area contributed by atoms with Crippen LogP contribution in [0.5, 0.6) is 0 Å². The summed E-state index contributed by atoms with van der Waals surface area (Å²) in [5.41, 5.74) is 3.42. The van der Waals surface area contributed by atoms with Crippen molar-refractivity contribution in [3.8, 4) is 0 Å². The maximum Gasteiger partial charge on any atom is 0.190 e. The second-order valence-electron chi connectivity index (χ2n) is 5.77. The molecule has 1 aromatic carbocycles. The zero-order valence-electron chi connectivity index (χ0n) is 14.6. The monoisotopic (exact) mass is 347 g/mol. The zero-order valence-corrected chi connectivity index (χ0v) is 15.4. The first kappa shape index (κ1) is 18.3. The number of halogens is 1. The Morgan fingerprint density at radius 2 is 1.96 bits per heavy atom. The van der Waals surface area contributed by atoms with Crippen molar-refractivity contribution in [2.45, 2.75) is 33.2 Å². The van der Waals surface area contributed by atoms with Crippen LogP contribution < -0.4 is 10.6 Å². The van der Waals surface area contributed by atoms with Gasteiger partial charge in [-0.3, -0.25) is 9.67 Å². The second-order valence-corrected chi connectivity index (χ2v) is 6.18. The first-order valence-corrected chi connectivity index (χ1v) is 8.67. The highest BCUT2D eigenvalue weighted by atomic mass is 35.5. The number of hydrogen-bond acceptors (Lipinski definition) is 2. The molecule has 0 aliphatic carbocycles. The van der Waals surface area contributed by atoms with Crippen LogP contribution in [0.3, 0.4) is 0 Å². The molecule has 2 rings (SSSR count). The number of aryl methyl sites for hydroxylation is 3. The van der Waals surface area contributed by atoms with Crippen molar-refractivity contribution in [1.29, 1.82) is 0 Å². The van der Waals surface area contributed by atoms with Crippen molar-refractivity contribution < 1.29 is 0 Å². The predicted octanol–water partition coefficient (Wildman–Crippen LogP) is 2.95. The highest BCUT2D eigenvalue weighted by Crippen LogP contribution is 2.14. The SMILES string of the molecule is CN=C(NCCCn1nc(C)cc1C)NCCc1ccccc1Cl. The normalized spacial score (nSPS) is 11.6. The van der Waals surface area contributed by atoms with Crippen LogP contribution in [0.1, 0.15) is 23.4 Å². The molecule has 0 aliphatic heterocycles. The number of nitrogens with one attached hydrogen (secondary N) is 2. The molecular formula is C18H26ClN5. The molecule has 0 saturated heterocycles. The van der Waals surface area contributed by atoms with E-state index in [1.54, 1.807) is 7.05 Å². The molecule has 6 heteroatoms. The van der Waals surface area contributed by atoms with Crippen LogP contribution >= 0.6 is 11.6 Å². The van der Waals surface area contributed by atoms with Crippen LogP contribution in [0, 0.1) is 13.8 Å². The Labute approximate surface area is 149 Å². The lowest BCUT2D eigenvalue weighted by Gasteiger charge is -2.12. The number of aliphatic imine (C=N–C) groups is 1. The molecule has 2 N–H and O–H groups in total. The summed E-state index contributed by atoms with van der Waals surface area (Å²) in [6.45, 7) is 6.66. The summed E-state index contributed by atoms with van der Waals surface area (Å²) in [5, 5.41) is 11.9. The van der Waals surface area contributed by atoms with Crippen LogP contribution in [-0.2, 0) is 13.0 Å². The van der Waals surface area contributed by atoms with Crippen LogP contribution in [-0.4, -0.2) is 35.9 Å². The van der Waals surface area contributed by atoms with Gasteiger partial charge in [0.15, 0.2) is 5.96 Å². The average Bonchev–Trinajstić information content (AvgIpc) is 2.89. The Morgan fingerprint density at radius 1 is 1.21 bits per heavy atom. The van der Waals surface area contributed by atoms with Gasteiger partial charge >= 0.3 is 0 Å². The molecule has 0 spiro atoms. The van der Waals surface area contributed by atoms with Crippen molar-refractivity contribution in [2.75, 3.05) is 20.1 Å². The van der Waals surface area contributed by atoms with E-state index in [0.29, 0.717) is 0 Å². The minimum atomic E-state index is 0.793. The average molecular weight is 348 g/mol. The van der Waals surface area contributed by atoms with E-state index in [1.165, 1.54) is 5.69 Å². The molecule has 1 aromatic heterocycles. The summed E-state index contributed by atoms with van der Waals surface area (Å²) in [5.74, 6) is 0.815. The van der Waals surface area contributed by atoms with Gasteiger partial charge in [-0.25, -0.2) is 0 Å². The molecule has 130 valence electrons. The van der Waals surface area contributed by atoms with Gasteiger partial charge in [-0.05, 0) is 44.4 Å². The first-order chi connectivity index (χ1) is 11.6. The number of benzene rings is 1. The van der Waals surface area contributed by atoms with Gasteiger partial charge in [0.2, 0.25) is 0 Å². The molecular weight excluding hydrogens is 322 g/mol. The minimum Gasteiger partial charge on any atom is -0.356 e. The number of aromatic nitrogens is 2. The van der Waals surface area contributed by atoms with Crippen LogP contribution in [0.25, 0.3) is 0 Å². The van der Waals surface area contributed by atoms with Gasteiger partial charge < -0.3 is 10.6 Å². The van der Waals surface area contributed by atoms with Gasteiger partial charge in [-0.2, -0.15) is 5.10 Å². The summed E-state index contributed by atoms with van der Waals surface area (Å²) >= 11 is 6.17. The maximum atomic E-state index is 6.17. The van der Waals surface area contributed by atoms with E-state index in [1.807, 2.05) is 29.8 Å². The topological polar surface area (TPSA) is 54.2 Å². The predicted molar refractivity (Wildman–Crippen MR) is 101 cm³/mol. The van der Waals surface area contributed by atoms with Crippen LogP contribution in [0.15, 0.2) is 35.3 Å². The Kier molecular flexibility index (Phi) is 7.12. The Balaban J connectivity index is 1.67. The van der Waals surface area contributed by atoms with Crippen molar-refractivity contribution in [3.63, 3.8) is 0 Å². The largest absolute Gasteiger partial charge is 0.356 e. The van der Waals surface area contributed by atoms with Gasteiger partial charge in [0.1, 0.15) is 0 Å². The van der Waals surface area contributed by atoms with Gasteiger partial charge in [-0.15, -0.1) is 0 Å². The van der Waals surface area contributed by atoms with E-state index in [-0.39, 0.29) is 0 Å². The van der Waals surface area contributed by atoms with Gasteiger partial charge in [0.25, 0.3) is 0 Å². The van der Waals surface area contributed by atoms with Gasteiger partial charge in [0.05, 0.1) is 5.69 Å². The Bertz CT molecular complexity index is 678. The van der Waals surface area contributed by atoms with E-state index in [9.17, 15) is 0 Å². The standard InChI is InChI=1S/C18H26ClN5/c1-14-13-15(2)24(23-14)12-6-10-21-18(20-3)22-11-9-16-7-4-5-8-17(16)19/h4-5,7-8,13H,6,9-12H2,1-3H3,(H2,20,21,22). The van der Waals surface area contributed by atoms with Crippen LogP contribution in [0.2, 0.25) is 5.02 Å². The summed E-state index contributed by atoms with van der Waals surface area (Å²) in [6.07, 6.45) is 1.86. The van der Waals surface area contributed by atoms with Crippen molar-refractivity contribution in [3.05, 3.63) is 52.3 Å². The molecule has 1 heterocycles. The van der Waals surface area contributed by atoms with Gasteiger partial charge in [-0.1, -0.05) is 29.8 Å². The molecule has 0 fully saturated rings. The number of guanidine groups is 1. The lowest BCUT2D eigenvalue weighted by Crippen LogP contribution is -2.39. The molecule has 0 bridgehead atoms. The number of rotatable bonds is 7. The third-order valence-electron chi connectivity index (χ3n) is 3.81. The first-order valence-electron chi connectivity index (χ1n) is 8.29. The molecule has 5 nitrogen and oxygen atoms in total. The van der Waals surface area contributed by atoms with Crippen molar-refractivity contribution in [2.24, 2.45) is 4.99 Å². The van der Waals surface area contributed by atoms with E-state index in [2.05, 4.69) is 39.8 Å². The van der Waals surface area contributed by atoms with E-state index in [0.717, 1.165) is 54.7 Å². The highest BCUT2D eigenvalue weighted by Gasteiger charge is 2.02. The zero-order chi connectivity index (χ0) is 17.4. The summed E-state index contributed by atoms with van der Waals surface area (Å²) < 4.78 is 2.05. The molecule has 0 radical (unpaired) electrons.